The highest BCUT2D eigenvalue weighted by atomic mass is 32.2. The van der Waals surface area contributed by atoms with Gasteiger partial charge in [0.25, 0.3) is 0 Å². The molecule has 3 N–H and O–H groups in total. The fraction of sp³-hybridized carbons (Fsp3) is 0. The number of nitrogens with two attached hydrogens (primary N) is 1. The summed E-state index contributed by atoms with van der Waals surface area (Å²) >= 11 is 2.92. The minimum atomic E-state index is -5.15. The average molecular weight is 269 g/mol. The molecule has 0 aliphatic rings. The normalized spacial score (nSPS) is 15.9. The standard InChI is InChI=1S/CH4NO9PS2/c2-9-12(5,10-13)11-14(6,7)1(3)8-4/h4,13H,2H2. The van der Waals surface area contributed by atoms with Crippen LogP contribution >= 0.6 is 20.7 Å². The SMILES string of the molecule is NOP(=O)(OS)OS(=O)(=O)C(=O)OO. The molecule has 0 saturated carbocycles. The molecule has 84 valence electrons. The van der Waals surface area contributed by atoms with Gasteiger partial charge in [-0.15, -0.1) is 0 Å². The molecule has 1 unspecified atom stereocenters. The molecule has 0 aromatic carbocycles. The fourth-order valence-electron chi connectivity index (χ4n) is 0.247. The number of rotatable bonds is 4. The van der Waals surface area contributed by atoms with E-state index in [0.29, 0.717) is 0 Å². The van der Waals surface area contributed by atoms with Crippen molar-refractivity contribution < 1.29 is 40.5 Å². The lowest BCUT2D eigenvalue weighted by Crippen LogP contribution is -2.18. The minimum absolute atomic E-state index is 2.22. The van der Waals surface area contributed by atoms with Crippen LogP contribution in [-0.4, -0.2) is 19.0 Å². The second kappa shape index (κ2) is 5.04. The quantitative estimate of drug-likeness (QED) is 0.205. The first kappa shape index (κ1) is 13.8. The Kier molecular flexibility index (Phi) is 4.97. The van der Waals surface area contributed by atoms with E-state index >= 15 is 0 Å². The third kappa shape index (κ3) is 3.51. The molecule has 0 radical (unpaired) electrons. The Hall–Kier alpha value is -0.200. The monoisotopic (exact) mass is 269 g/mol. The molecule has 0 aliphatic heterocycles. The number of thiol groups is 1. The largest absolute Gasteiger partial charge is 0.517 e. The molecule has 0 amide bonds. The smallest absolute Gasteiger partial charge is 0.282 e. The second-order valence-electron chi connectivity index (χ2n) is 1.50. The molecule has 0 bridgehead atoms. The van der Waals surface area contributed by atoms with Gasteiger partial charge in [-0.05, 0) is 12.9 Å². The number of phosphoric acid groups is 1. The number of carbonyl (C=O) groups excluding carboxylic acids is 1. The summed E-state index contributed by atoms with van der Waals surface area (Å²) in [5.41, 5.74) is 0. The van der Waals surface area contributed by atoms with Crippen LogP contribution in [0.15, 0.2) is 0 Å². The topological polar surface area (TPSA) is 151 Å². The first-order chi connectivity index (χ1) is 6.31. The van der Waals surface area contributed by atoms with Crippen LogP contribution in [0.1, 0.15) is 0 Å². The van der Waals surface area contributed by atoms with E-state index in [-0.39, 0.29) is 0 Å². The van der Waals surface area contributed by atoms with Gasteiger partial charge < -0.3 is 0 Å². The van der Waals surface area contributed by atoms with Crippen molar-refractivity contribution in [2.75, 3.05) is 0 Å². The van der Waals surface area contributed by atoms with Crippen molar-refractivity contribution in [1.82, 2.24) is 0 Å². The molecular formula is CH4NO9PS2. The summed E-state index contributed by atoms with van der Waals surface area (Å²) in [5.74, 6) is 4.33. The Morgan fingerprint density at radius 2 is 2.00 bits per heavy atom. The lowest BCUT2D eigenvalue weighted by atomic mass is 11.6. The Morgan fingerprint density at radius 3 is 2.29 bits per heavy atom. The third-order valence-electron chi connectivity index (χ3n) is 0.697. The van der Waals surface area contributed by atoms with E-state index in [9.17, 15) is 17.8 Å². The molecular weight excluding hydrogens is 265 g/mol. The van der Waals surface area contributed by atoms with Crippen LogP contribution in [0, 0.1) is 0 Å². The lowest BCUT2D eigenvalue weighted by Gasteiger charge is -2.08. The molecule has 0 heterocycles. The Bertz CT molecular complexity index is 338. The Balaban J connectivity index is 4.84. The lowest BCUT2D eigenvalue weighted by molar-refractivity contribution is -0.168. The molecule has 0 aliphatic carbocycles. The third-order valence-corrected chi connectivity index (χ3v) is 3.75. The van der Waals surface area contributed by atoms with Gasteiger partial charge in [0.2, 0.25) is 0 Å². The molecule has 10 nitrogen and oxygen atoms in total. The van der Waals surface area contributed by atoms with Crippen LogP contribution in [0.4, 0.5) is 4.79 Å². The van der Waals surface area contributed by atoms with E-state index in [1.807, 2.05) is 0 Å². The fourth-order valence-corrected chi connectivity index (χ4v) is 2.19. The van der Waals surface area contributed by atoms with Crippen molar-refractivity contribution in [3.8, 4) is 0 Å². The van der Waals surface area contributed by atoms with Crippen LogP contribution < -0.4 is 5.90 Å². The Morgan fingerprint density at radius 1 is 1.50 bits per heavy atom. The first-order valence-corrected chi connectivity index (χ1v) is 5.68. The summed E-state index contributed by atoms with van der Waals surface area (Å²) in [4.78, 5) is 13.1. The molecule has 0 saturated heterocycles. The number of hydrogen-bond acceptors (Lipinski definition) is 11. The van der Waals surface area contributed by atoms with E-state index < -0.39 is 23.2 Å². The minimum Gasteiger partial charge on any atom is -0.282 e. The van der Waals surface area contributed by atoms with Gasteiger partial charge in [-0.2, -0.15) is 22.3 Å². The zero-order chi connectivity index (χ0) is 11.4. The number of hydrogen-bond donors (Lipinski definition) is 3. The van der Waals surface area contributed by atoms with Gasteiger partial charge in [-0.1, -0.05) is 0 Å². The van der Waals surface area contributed by atoms with Crippen molar-refractivity contribution in [3.63, 3.8) is 0 Å². The van der Waals surface area contributed by atoms with Crippen LogP contribution in [0.5, 0.6) is 0 Å². The van der Waals surface area contributed by atoms with E-state index in [1.165, 1.54) is 0 Å². The molecule has 1 atom stereocenters. The maximum Gasteiger partial charge on any atom is 0.517 e. The summed E-state index contributed by atoms with van der Waals surface area (Å²) in [6.07, 6.45) is 0. The zero-order valence-corrected chi connectivity index (χ0v) is 8.70. The van der Waals surface area contributed by atoms with Gasteiger partial charge >= 0.3 is 23.2 Å². The van der Waals surface area contributed by atoms with Crippen LogP contribution in [-0.2, 0) is 32.1 Å². The maximum absolute atomic E-state index is 10.9. The van der Waals surface area contributed by atoms with Gasteiger partial charge in [-0.3, -0.25) is 4.89 Å². The van der Waals surface area contributed by atoms with Gasteiger partial charge in [0.15, 0.2) is 0 Å². The summed E-state index contributed by atoms with van der Waals surface area (Å²) in [7, 11) is -9.87. The van der Waals surface area contributed by atoms with E-state index in [2.05, 4.69) is 36.3 Å². The van der Waals surface area contributed by atoms with Crippen molar-refractivity contribution in [1.29, 1.82) is 0 Å². The molecule has 13 heteroatoms. The predicted molar refractivity (Wildman–Crippen MR) is 42.1 cm³/mol. The average Bonchev–Trinajstić information content (AvgIpc) is 2.15. The zero-order valence-electron chi connectivity index (χ0n) is 6.09. The molecule has 0 aromatic rings. The van der Waals surface area contributed by atoms with Crippen molar-refractivity contribution in [3.05, 3.63) is 0 Å². The van der Waals surface area contributed by atoms with E-state index in [0.717, 1.165) is 0 Å². The van der Waals surface area contributed by atoms with Gasteiger partial charge in [0.05, 0.1) is 0 Å². The molecule has 0 rings (SSSR count). The number of carbonyl (C=O) groups is 1. The van der Waals surface area contributed by atoms with E-state index in [1.54, 1.807) is 0 Å². The maximum atomic E-state index is 10.9. The molecule has 0 aromatic heterocycles. The molecule has 0 fully saturated rings. The molecule has 14 heavy (non-hydrogen) atoms. The highest BCUT2D eigenvalue weighted by Gasteiger charge is 2.39. The second-order valence-corrected chi connectivity index (χ2v) is 5.10. The predicted octanol–water partition coefficient (Wildman–Crippen LogP) is -0.198. The summed E-state index contributed by atoms with van der Waals surface area (Å²) in [6.45, 7) is 0. The van der Waals surface area contributed by atoms with Crippen molar-refractivity contribution in [2.24, 2.45) is 5.90 Å². The summed E-state index contributed by atoms with van der Waals surface area (Å²) < 4.78 is 42.7. The van der Waals surface area contributed by atoms with Gasteiger partial charge in [0.1, 0.15) is 0 Å². The molecule has 0 spiro atoms. The Labute approximate surface area is 83.1 Å². The summed E-state index contributed by atoms with van der Waals surface area (Å²) in [5, 5.41) is 5.46. The highest BCUT2D eigenvalue weighted by Crippen LogP contribution is 2.50. The van der Waals surface area contributed by atoms with Gasteiger partial charge in [0, 0.05) is 0 Å². The van der Waals surface area contributed by atoms with Gasteiger partial charge in [-0.25, -0.2) is 19.2 Å². The van der Waals surface area contributed by atoms with Crippen molar-refractivity contribution >= 4 is 36.2 Å². The van der Waals surface area contributed by atoms with Crippen molar-refractivity contribution in [2.45, 2.75) is 0 Å². The van der Waals surface area contributed by atoms with Crippen LogP contribution in [0.2, 0.25) is 0 Å². The summed E-state index contributed by atoms with van der Waals surface area (Å²) in [6, 6.07) is 0. The highest BCUT2D eigenvalue weighted by molar-refractivity contribution is 8.04. The first-order valence-electron chi connectivity index (χ1n) is 2.44. The van der Waals surface area contributed by atoms with Crippen LogP contribution in [0.3, 0.4) is 0 Å². The van der Waals surface area contributed by atoms with Crippen LogP contribution in [0.25, 0.3) is 0 Å². The van der Waals surface area contributed by atoms with E-state index in [4.69, 9.17) is 5.26 Å².